The quantitative estimate of drug-likeness (QED) is 0.484. The molecule has 2 heterocycles. The third-order valence-electron chi connectivity index (χ3n) is 3.69. The largest absolute Gasteiger partial charge is 0.366 e. The molecule has 0 radical (unpaired) electrons. The van der Waals surface area contributed by atoms with Gasteiger partial charge in [-0.05, 0) is 31.5 Å². The van der Waals surface area contributed by atoms with Gasteiger partial charge in [-0.3, -0.25) is 15.1 Å². The van der Waals surface area contributed by atoms with Gasteiger partial charge in [-0.2, -0.15) is 4.98 Å². The number of hydrogen-bond donors (Lipinski definition) is 2. The highest BCUT2D eigenvalue weighted by molar-refractivity contribution is 5.61. The van der Waals surface area contributed by atoms with Crippen molar-refractivity contribution < 1.29 is 4.92 Å². The number of nitro benzene ring substituents is 1. The Bertz CT molecular complexity index is 913. The highest BCUT2D eigenvalue weighted by atomic mass is 16.6. The Morgan fingerprint density at radius 2 is 1.85 bits per heavy atom. The maximum Gasteiger partial charge on any atom is 0.269 e. The molecule has 0 atom stereocenters. The minimum Gasteiger partial charge on any atom is -0.366 e. The Kier molecular flexibility index (Phi) is 5.55. The summed E-state index contributed by atoms with van der Waals surface area (Å²) in [7, 11) is 0. The minimum atomic E-state index is -0.412. The van der Waals surface area contributed by atoms with Crippen molar-refractivity contribution in [2.45, 2.75) is 26.4 Å². The fraction of sp³-hybridized carbons (Fsp3) is 0.211. The van der Waals surface area contributed by atoms with Crippen molar-refractivity contribution in [1.29, 1.82) is 0 Å². The first-order valence-electron chi connectivity index (χ1n) is 8.55. The number of benzene rings is 1. The number of aromatic nitrogens is 3. The molecule has 2 N–H and O–H groups in total. The van der Waals surface area contributed by atoms with E-state index in [1.165, 1.54) is 12.1 Å². The molecule has 0 fully saturated rings. The van der Waals surface area contributed by atoms with Crippen molar-refractivity contribution in [3.63, 3.8) is 0 Å². The molecule has 0 aliphatic rings. The van der Waals surface area contributed by atoms with Crippen LogP contribution in [0.15, 0.2) is 54.7 Å². The molecule has 2 aromatic heterocycles. The Morgan fingerprint density at radius 3 is 2.48 bits per heavy atom. The van der Waals surface area contributed by atoms with Gasteiger partial charge in [0, 0.05) is 37.0 Å². The first-order chi connectivity index (χ1) is 13.0. The zero-order chi connectivity index (χ0) is 19.2. The molecule has 0 saturated carbocycles. The smallest absolute Gasteiger partial charge is 0.269 e. The van der Waals surface area contributed by atoms with E-state index in [-0.39, 0.29) is 11.7 Å². The third-order valence-corrected chi connectivity index (χ3v) is 3.69. The number of nitrogens with zero attached hydrogens (tertiary/aromatic N) is 4. The molecule has 8 nitrogen and oxygen atoms in total. The highest BCUT2D eigenvalue weighted by Gasteiger charge is 2.09. The SMILES string of the molecule is CC(C)Nc1nc(NCc2ccc([N+](=O)[O-])cc2)cc(-c2ccccn2)n1. The van der Waals surface area contributed by atoms with Crippen LogP contribution in [0.5, 0.6) is 0 Å². The van der Waals surface area contributed by atoms with Gasteiger partial charge in [0.15, 0.2) is 0 Å². The molecule has 138 valence electrons. The van der Waals surface area contributed by atoms with Crippen LogP contribution in [-0.2, 0) is 6.54 Å². The van der Waals surface area contributed by atoms with E-state index in [0.717, 1.165) is 11.3 Å². The van der Waals surface area contributed by atoms with E-state index in [9.17, 15) is 10.1 Å². The highest BCUT2D eigenvalue weighted by Crippen LogP contribution is 2.20. The summed E-state index contributed by atoms with van der Waals surface area (Å²) in [5.41, 5.74) is 2.45. The van der Waals surface area contributed by atoms with Gasteiger partial charge in [-0.25, -0.2) is 4.98 Å². The average Bonchev–Trinajstić information content (AvgIpc) is 2.66. The second kappa shape index (κ2) is 8.22. The number of hydrogen-bond acceptors (Lipinski definition) is 7. The molecular weight excluding hydrogens is 344 g/mol. The molecular formula is C19H20N6O2. The number of nitro groups is 1. The van der Waals surface area contributed by atoms with Gasteiger partial charge in [-0.15, -0.1) is 0 Å². The third kappa shape index (κ3) is 4.97. The van der Waals surface area contributed by atoms with Gasteiger partial charge in [0.1, 0.15) is 5.82 Å². The topological polar surface area (TPSA) is 106 Å². The summed E-state index contributed by atoms with van der Waals surface area (Å²) >= 11 is 0. The fourth-order valence-corrected chi connectivity index (χ4v) is 2.43. The number of pyridine rings is 1. The summed E-state index contributed by atoms with van der Waals surface area (Å²) in [5, 5.41) is 17.2. The normalized spacial score (nSPS) is 10.6. The molecule has 0 unspecified atom stereocenters. The van der Waals surface area contributed by atoms with Crippen LogP contribution in [0.4, 0.5) is 17.5 Å². The van der Waals surface area contributed by atoms with Crippen molar-refractivity contribution in [2.24, 2.45) is 0 Å². The first kappa shape index (κ1) is 18.2. The lowest BCUT2D eigenvalue weighted by Gasteiger charge is -2.13. The minimum absolute atomic E-state index is 0.0710. The van der Waals surface area contributed by atoms with E-state index in [2.05, 4.69) is 25.6 Å². The Morgan fingerprint density at radius 1 is 1.07 bits per heavy atom. The van der Waals surface area contributed by atoms with Crippen molar-refractivity contribution in [1.82, 2.24) is 15.0 Å². The van der Waals surface area contributed by atoms with Crippen molar-refractivity contribution in [2.75, 3.05) is 10.6 Å². The first-order valence-corrected chi connectivity index (χ1v) is 8.55. The second-order valence-corrected chi connectivity index (χ2v) is 6.25. The van der Waals surface area contributed by atoms with Crippen molar-refractivity contribution >= 4 is 17.5 Å². The molecule has 27 heavy (non-hydrogen) atoms. The molecule has 3 aromatic rings. The molecule has 0 amide bonds. The molecule has 8 heteroatoms. The Labute approximate surface area is 156 Å². The van der Waals surface area contributed by atoms with E-state index in [4.69, 9.17) is 0 Å². The summed E-state index contributed by atoms with van der Waals surface area (Å²) in [6.45, 7) is 4.51. The molecule has 0 aliphatic heterocycles. The molecule has 0 aliphatic carbocycles. The summed E-state index contributed by atoms with van der Waals surface area (Å²) in [5.74, 6) is 1.16. The van der Waals surface area contributed by atoms with Crippen LogP contribution in [0, 0.1) is 10.1 Å². The summed E-state index contributed by atoms with van der Waals surface area (Å²) in [6.07, 6.45) is 1.72. The monoisotopic (exact) mass is 364 g/mol. The molecule has 0 bridgehead atoms. The zero-order valence-corrected chi connectivity index (χ0v) is 15.1. The average molecular weight is 364 g/mol. The maximum atomic E-state index is 10.7. The lowest BCUT2D eigenvalue weighted by molar-refractivity contribution is -0.384. The molecule has 0 spiro atoms. The van der Waals surface area contributed by atoms with Gasteiger partial charge < -0.3 is 10.6 Å². The van der Waals surface area contributed by atoms with E-state index in [0.29, 0.717) is 24.0 Å². The van der Waals surface area contributed by atoms with Gasteiger partial charge in [-0.1, -0.05) is 18.2 Å². The van der Waals surface area contributed by atoms with Crippen LogP contribution in [0.25, 0.3) is 11.4 Å². The van der Waals surface area contributed by atoms with Crippen molar-refractivity contribution in [3.8, 4) is 11.4 Å². The maximum absolute atomic E-state index is 10.7. The van der Waals surface area contributed by atoms with Gasteiger partial charge in [0.2, 0.25) is 5.95 Å². The van der Waals surface area contributed by atoms with E-state index in [1.807, 2.05) is 38.1 Å². The fourth-order valence-electron chi connectivity index (χ4n) is 2.43. The standard InChI is InChI=1S/C19H20N6O2/c1-13(2)22-19-23-17(16-5-3-4-10-20-16)11-18(24-19)21-12-14-6-8-15(9-7-14)25(26)27/h3-11,13H,12H2,1-2H3,(H2,21,22,23,24). The lowest BCUT2D eigenvalue weighted by atomic mass is 10.2. The number of non-ortho nitro benzene ring substituents is 1. The molecule has 1 aromatic carbocycles. The summed E-state index contributed by atoms with van der Waals surface area (Å²) in [4.78, 5) is 23.7. The van der Waals surface area contributed by atoms with Crippen LogP contribution in [0.2, 0.25) is 0 Å². The number of nitrogens with one attached hydrogen (secondary N) is 2. The molecule has 3 rings (SSSR count). The van der Waals surface area contributed by atoms with Gasteiger partial charge >= 0.3 is 0 Å². The van der Waals surface area contributed by atoms with Crippen LogP contribution in [-0.4, -0.2) is 25.9 Å². The van der Waals surface area contributed by atoms with Crippen molar-refractivity contribution in [3.05, 3.63) is 70.4 Å². The summed E-state index contributed by atoms with van der Waals surface area (Å²) in [6, 6.07) is 14.1. The van der Waals surface area contributed by atoms with Gasteiger partial charge in [0.05, 0.1) is 16.3 Å². The Balaban J connectivity index is 1.82. The Hall–Kier alpha value is -3.55. The number of rotatable bonds is 7. The van der Waals surface area contributed by atoms with E-state index in [1.54, 1.807) is 18.3 Å². The van der Waals surface area contributed by atoms with E-state index >= 15 is 0 Å². The number of anilines is 2. The van der Waals surface area contributed by atoms with Crippen LogP contribution < -0.4 is 10.6 Å². The lowest BCUT2D eigenvalue weighted by Crippen LogP contribution is -2.14. The second-order valence-electron chi connectivity index (χ2n) is 6.25. The van der Waals surface area contributed by atoms with Crippen LogP contribution in [0.1, 0.15) is 19.4 Å². The van der Waals surface area contributed by atoms with Crippen LogP contribution in [0.3, 0.4) is 0 Å². The van der Waals surface area contributed by atoms with E-state index < -0.39 is 4.92 Å². The zero-order valence-electron chi connectivity index (χ0n) is 15.1. The van der Waals surface area contributed by atoms with Crippen LogP contribution >= 0.6 is 0 Å². The predicted molar refractivity (Wildman–Crippen MR) is 104 cm³/mol. The molecule has 0 saturated heterocycles. The predicted octanol–water partition coefficient (Wildman–Crippen LogP) is 3.88. The van der Waals surface area contributed by atoms with Gasteiger partial charge in [0.25, 0.3) is 5.69 Å². The summed E-state index contributed by atoms with van der Waals surface area (Å²) < 4.78 is 0.